The van der Waals surface area contributed by atoms with Gasteiger partial charge in [-0.15, -0.1) is 11.3 Å². The van der Waals surface area contributed by atoms with Crippen molar-refractivity contribution in [3.63, 3.8) is 0 Å². The van der Waals surface area contributed by atoms with E-state index < -0.39 is 38.8 Å². The van der Waals surface area contributed by atoms with Crippen LogP contribution in [0.2, 0.25) is 0 Å². The highest BCUT2D eigenvalue weighted by Crippen LogP contribution is 2.44. The second-order valence-electron chi connectivity index (χ2n) is 19.8. The molecule has 3 saturated heterocycles. The largest absolute Gasteiger partial charge is 0.464 e. The molecule has 6 atom stereocenters. The molecule has 3 aromatic heterocycles. The number of thiazole rings is 1. The molecule has 0 aliphatic carbocycles. The Morgan fingerprint density at radius 2 is 1.90 bits per heavy atom. The smallest absolute Gasteiger partial charge is 0.324 e. The number of alkyl halides is 1. The number of amides is 4. The fourth-order valence-corrected chi connectivity index (χ4v) is 12.3. The number of likely N-dealkylation sites (tertiary alicyclic amines) is 2. The van der Waals surface area contributed by atoms with Crippen molar-refractivity contribution in [1.29, 1.82) is 0 Å². The van der Waals surface area contributed by atoms with Crippen molar-refractivity contribution in [2.45, 2.75) is 116 Å². The molecule has 15 nitrogen and oxygen atoms in total. The van der Waals surface area contributed by atoms with Crippen molar-refractivity contribution in [3.05, 3.63) is 58.2 Å². The Morgan fingerprint density at radius 1 is 1.12 bits per heavy atom. The van der Waals surface area contributed by atoms with E-state index in [1.807, 2.05) is 32.2 Å². The summed E-state index contributed by atoms with van der Waals surface area (Å²) < 4.78 is 13.6. The number of nitrogens with zero attached hydrogens (tertiary/aromatic N) is 6. The number of hydrogen-bond donors (Lipinski definition) is 2. The number of pyridine rings is 1. The summed E-state index contributed by atoms with van der Waals surface area (Å²) in [4.78, 5) is 83.5. The Bertz CT molecular complexity index is 2670. The predicted octanol–water partition coefficient (Wildman–Crippen LogP) is 6.71. The van der Waals surface area contributed by atoms with Gasteiger partial charge in [0.15, 0.2) is 0 Å². The van der Waals surface area contributed by atoms with Crippen LogP contribution in [0, 0.1) is 34.5 Å². The summed E-state index contributed by atoms with van der Waals surface area (Å²) in [6.45, 7) is 16.1. The van der Waals surface area contributed by atoms with Crippen molar-refractivity contribution in [2.24, 2.45) is 22.7 Å². The van der Waals surface area contributed by atoms with Crippen LogP contribution in [-0.4, -0.2) is 115 Å². The molecule has 4 aliphatic rings. The molecule has 17 heteroatoms. The highest BCUT2D eigenvalue weighted by Gasteiger charge is 2.54. The molecule has 7 heterocycles. The molecule has 3 fully saturated rings. The van der Waals surface area contributed by atoms with E-state index in [0.717, 1.165) is 49.7 Å². The van der Waals surface area contributed by atoms with Crippen LogP contribution in [-0.2, 0) is 52.8 Å². The maximum atomic E-state index is 14.8. The van der Waals surface area contributed by atoms with Crippen molar-refractivity contribution in [3.8, 4) is 34.4 Å². The van der Waals surface area contributed by atoms with E-state index >= 15 is 0 Å². The summed E-state index contributed by atoms with van der Waals surface area (Å²) in [6.07, 6.45) is 4.46. The van der Waals surface area contributed by atoms with Gasteiger partial charge in [-0.3, -0.25) is 34.0 Å². The summed E-state index contributed by atoms with van der Waals surface area (Å²) >= 11 is 3.60. The van der Waals surface area contributed by atoms with Crippen LogP contribution in [0.25, 0.3) is 33.4 Å². The SMILES string of the molecule is CC#CC(=O)N1CC[C@@]2(CCN([C@H](C(=O)NC(I)[C@H]3Cc4nc(cs4)-c4ccc5c(c4)c(c(-c4cccnc4[C@H](C)OC)n5CC)CC(C)(C)COC(=O)[C@@H]4CCCN(N4)C3=O)C(C)C)C2=O)C1. The Balaban J connectivity index is 1.14. The van der Waals surface area contributed by atoms with Gasteiger partial charge in [-0.1, -0.05) is 62.3 Å². The van der Waals surface area contributed by atoms with Gasteiger partial charge in [0.25, 0.3) is 5.91 Å². The normalized spacial score (nSPS) is 23.3. The fraction of sp³-hybridized carbons (Fsp3) is 0.549. The first-order valence-corrected chi connectivity index (χ1v) is 25.9. The minimum absolute atomic E-state index is 0.132. The Kier molecular flexibility index (Phi) is 14.7. The zero-order valence-corrected chi connectivity index (χ0v) is 43.3. The van der Waals surface area contributed by atoms with E-state index in [1.165, 1.54) is 16.3 Å². The average molecular weight is 1060 g/mol. The number of carbonyl (C=O) groups excluding carboxylic acids is 5. The number of ether oxygens (including phenoxy) is 2. The molecule has 8 rings (SSSR count). The molecule has 68 heavy (non-hydrogen) atoms. The second kappa shape index (κ2) is 20.2. The minimum Gasteiger partial charge on any atom is -0.464 e. The van der Waals surface area contributed by atoms with Gasteiger partial charge in [0.2, 0.25) is 17.7 Å². The standard InChI is InChI=1S/C51H63IN8O7S/c1-9-13-41(61)57-22-18-51(28-57)19-23-59(49(51)65)43(30(3)4)46(62)55-45(52)35-25-40-54-38(27-68-40)32-16-17-39-34(24-32)36(44(58(39)10-2)33-14-11-20-53-42(33)31(5)66-8)26-50(6,7)29-67-48(64)37-15-12-21-60(56-37)47(35)63/h11,14,16-17,20,24,27,30-31,35,37,43,45,56H,10,12,15,18-19,21-23,25-26,28-29H2,1-8H3,(H,55,62)/t31-,35+,37-,43-,45?,51+/m0/s1. The number of aromatic nitrogens is 3. The molecule has 1 unspecified atom stereocenters. The molecular formula is C51H63IN8O7S. The van der Waals surface area contributed by atoms with Crippen LogP contribution in [0.15, 0.2) is 41.9 Å². The number of nitrogens with one attached hydrogen (secondary N) is 2. The quantitative estimate of drug-likeness (QED) is 0.0605. The molecule has 362 valence electrons. The molecule has 1 aromatic carbocycles. The molecule has 1 spiro atoms. The van der Waals surface area contributed by atoms with E-state index in [-0.39, 0.29) is 55.2 Å². The molecule has 4 amide bonds. The van der Waals surface area contributed by atoms with Gasteiger partial charge in [0, 0.05) is 85.3 Å². The van der Waals surface area contributed by atoms with Crippen LogP contribution in [0.3, 0.4) is 0 Å². The number of hydrogen-bond acceptors (Lipinski definition) is 11. The molecule has 6 bridgehead atoms. The van der Waals surface area contributed by atoms with Gasteiger partial charge < -0.3 is 29.2 Å². The summed E-state index contributed by atoms with van der Waals surface area (Å²) in [5.74, 6) is 2.73. The fourth-order valence-electron chi connectivity index (χ4n) is 10.6. The number of rotatable bonds is 9. The number of halogens is 1. The molecule has 2 N–H and O–H groups in total. The van der Waals surface area contributed by atoms with Gasteiger partial charge in [0.1, 0.15) is 12.1 Å². The Labute approximate surface area is 416 Å². The number of aryl methyl sites for hydroxylation is 1. The van der Waals surface area contributed by atoms with Crippen molar-refractivity contribution < 1.29 is 33.4 Å². The maximum absolute atomic E-state index is 14.8. The first-order chi connectivity index (χ1) is 32.5. The van der Waals surface area contributed by atoms with Crippen LogP contribution >= 0.6 is 33.9 Å². The van der Waals surface area contributed by atoms with E-state index in [0.29, 0.717) is 58.3 Å². The summed E-state index contributed by atoms with van der Waals surface area (Å²) in [7, 11) is 1.69. The number of carbonyl (C=O) groups is 5. The van der Waals surface area contributed by atoms with Gasteiger partial charge >= 0.3 is 5.97 Å². The molecule has 0 saturated carbocycles. The second-order valence-corrected chi connectivity index (χ2v) is 22.1. The zero-order valence-electron chi connectivity index (χ0n) is 40.3. The first kappa shape index (κ1) is 49.5. The lowest BCUT2D eigenvalue weighted by Gasteiger charge is -2.37. The van der Waals surface area contributed by atoms with Crippen molar-refractivity contribution in [2.75, 3.05) is 39.9 Å². The molecule has 4 aliphatic heterocycles. The van der Waals surface area contributed by atoms with Crippen molar-refractivity contribution >= 4 is 74.4 Å². The van der Waals surface area contributed by atoms with Gasteiger partial charge in [-0.25, -0.2) is 10.4 Å². The highest BCUT2D eigenvalue weighted by atomic mass is 127. The van der Waals surface area contributed by atoms with E-state index in [9.17, 15) is 24.0 Å². The van der Waals surface area contributed by atoms with Gasteiger partial charge in [0.05, 0.1) is 50.2 Å². The third-order valence-electron chi connectivity index (χ3n) is 14.2. The Morgan fingerprint density at radius 3 is 2.63 bits per heavy atom. The van der Waals surface area contributed by atoms with Crippen LogP contribution < -0.4 is 10.7 Å². The number of hydrazine groups is 1. The van der Waals surface area contributed by atoms with Crippen LogP contribution in [0.1, 0.15) is 96.5 Å². The number of fused-ring (bicyclic) bond motifs is 6. The summed E-state index contributed by atoms with van der Waals surface area (Å²) in [6, 6.07) is 8.94. The lowest BCUT2D eigenvalue weighted by atomic mass is 9.84. The molecular weight excluding hydrogens is 996 g/mol. The first-order valence-electron chi connectivity index (χ1n) is 23.8. The van der Waals surface area contributed by atoms with Crippen molar-refractivity contribution in [1.82, 2.24) is 40.1 Å². The zero-order chi connectivity index (χ0) is 48.7. The van der Waals surface area contributed by atoms with E-state index in [4.69, 9.17) is 19.4 Å². The lowest BCUT2D eigenvalue weighted by Crippen LogP contribution is -2.59. The van der Waals surface area contributed by atoms with Crippen LogP contribution in [0.5, 0.6) is 0 Å². The maximum Gasteiger partial charge on any atom is 0.324 e. The lowest BCUT2D eigenvalue weighted by molar-refractivity contribution is -0.155. The third kappa shape index (κ3) is 9.67. The van der Waals surface area contributed by atoms with E-state index in [2.05, 4.69) is 94.8 Å². The highest BCUT2D eigenvalue weighted by molar-refractivity contribution is 14.1. The van der Waals surface area contributed by atoms with Gasteiger partial charge in [-0.05, 0) is 94.5 Å². The Hall–Kier alpha value is -4.90. The summed E-state index contributed by atoms with van der Waals surface area (Å²) in [5, 5.41) is 8.48. The van der Waals surface area contributed by atoms with Gasteiger partial charge in [-0.2, -0.15) is 0 Å². The predicted molar refractivity (Wildman–Crippen MR) is 269 cm³/mol. The van der Waals surface area contributed by atoms with Crippen LogP contribution in [0.4, 0.5) is 0 Å². The molecule has 0 radical (unpaired) electrons. The number of benzene rings is 1. The topological polar surface area (TPSA) is 168 Å². The average Bonchev–Trinajstić information content (AvgIpc) is 4.12. The number of cyclic esters (lactones) is 1. The molecule has 4 aromatic rings. The number of esters is 1. The number of methoxy groups -OCH3 is 1. The van der Waals surface area contributed by atoms with E-state index in [1.54, 1.807) is 30.0 Å². The summed E-state index contributed by atoms with van der Waals surface area (Å²) in [5.41, 5.74) is 8.70. The minimum atomic E-state index is -0.798. The third-order valence-corrected chi connectivity index (χ3v) is 16.2. The monoisotopic (exact) mass is 1060 g/mol.